The Morgan fingerprint density at radius 2 is 1.80 bits per heavy atom. The van der Waals surface area contributed by atoms with Crippen molar-refractivity contribution >= 4 is 22.6 Å². The summed E-state index contributed by atoms with van der Waals surface area (Å²) in [5.74, 6) is -0.889. The minimum Gasteiger partial charge on any atom is -0.370 e. The number of ether oxygens (including phenoxy) is 1. The lowest BCUT2D eigenvalue weighted by Crippen LogP contribution is -2.52. The molecule has 0 aliphatic heterocycles. The van der Waals surface area contributed by atoms with Crippen LogP contribution in [-0.4, -0.2) is 40.2 Å². The Morgan fingerprint density at radius 1 is 1.14 bits per heavy atom. The highest BCUT2D eigenvalue weighted by atomic mass is 16.8. The van der Waals surface area contributed by atoms with Crippen molar-refractivity contribution in [2.24, 2.45) is 24.3 Å². The first-order chi connectivity index (χ1) is 16.3. The maximum Gasteiger partial charge on any atom is 0.250 e. The van der Waals surface area contributed by atoms with Gasteiger partial charge in [-0.3, -0.25) is 24.4 Å². The van der Waals surface area contributed by atoms with Crippen LogP contribution in [0.15, 0.2) is 35.1 Å². The summed E-state index contributed by atoms with van der Waals surface area (Å²) in [6.07, 6.45) is -0.216. The molecular weight excluding hydrogens is 450 g/mol. The average molecular weight is 490 g/mol. The van der Waals surface area contributed by atoms with E-state index in [4.69, 9.17) is 14.8 Å². The first kappa shape index (κ1) is 28.6. The zero-order valence-electron chi connectivity index (χ0n) is 21.8. The smallest absolute Gasteiger partial charge is 0.250 e. The topological polar surface area (TPSA) is 119 Å². The summed E-state index contributed by atoms with van der Waals surface area (Å²) in [5, 5.41) is 12.8. The minimum absolute atomic E-state index is 0.0897. The second-order valence-electron chi connectivity index (χ2n) is 10.5. The third-order valence-corrected chi connectivity index (χ3v) is 6.04. The fraction of sp³-hybridized carbons (Fsp3) is 0.577. The Kier molecular flexibility index (Phi) is 10.1. The molecule has 0 aliphatic carbocycles. The molecule has 2 rings (SSSR count). The van der Waals surface area contributed by atoms with Gasteiger partial charge in [0.15, 0.2) is 5.78 Å². The molecule has 2 aromatic rings. The predicted molar refractivity (Wildman–Crippen MR) is 134 cm³/mol. The summed E-state index contributed by atoms with van der Waals surface area (Å²) in [4.78, 5) is 42.7. The fourth-order valence-corrected chi connectivity index (χ4v) is 4.22. The first-order valence-electron chi connectivity index (χ1n) is 11.9. The van der Waals surface area contributed by atoms with E-state index in [1.807, 2.05) is 52.8 Å². The van der Waals surface area contributed by atoms with E-state index in [0.29, 0.717) is 6.42 Å². The van der Waals surface area contributed by atoms with Crippen molar-refractivity contribution < 1.29 is 24.4 Å². The van der Waals surface area contributed by atoms with E-state index >= 15 is 0 Å². The number of benzene rings is 1. The van der Waals surface area contributed by atoms with Crippen LogP contribution in [0.1, 0.15) is 53.5 Å². The molecule has 1 aromatic heterocycles. The lowest BCUT2D eigenvalue weighted by Gasteiger charge is -2.33. The van der Waals surface area contributed by atoms with Crippen molar-refractivity contribution in [1.82, 2.24) is 15.5 Å². The predicted octanol–water partition coefficient (Wildman–Crippen LogP) is 3.12. The molecule has 1 heterocycles. The molecule has 0 radical (unpaired) electrons. The molecule has 35 heavy (non-hydrogen) atoms. The number of hydrogen-bond acceptors (Lipinski definition) is 7. The van der Waals surface area contributed by atoms with Crippen LogP contribution in [0.2, 0.25) is 0 Å². The van der Waals surface area contributed by atoms with Gasteiger partial charge in [0.05, 0.1) is 36.8 Å². The van der Waals surface area contributed by atoms with Crippen molar-refractivity contribution in [1.29, 1.82) is 0 Å². The maximum atomic E-state index is 13.4. The molecule has 0 saturated heterocycles. The second kappa shape index (κ2) is 12.4. The van der Waals surface area contributed by atoms with E-state index in [1.165, 1.54) is 13.0 Å². The summed E-state index contributed by atoms with van der Waals surface area (Å²) in [5.41, 5.74) is 2.69. The molecule has 9 heteroatoms. The van der Waals surface area contributed by atoms with Gasteiger partial charge in [-0.15, -0.1) is 0 Å². The zero-order valence-corrected chi connectivity index (χ0v) is 21.8. The number of aryl methyl sites for hydroxylation is 1. The van der Waals surface area contributed by atoms with Gasteiger partial charge < -0.3 is 14.6 Å². The van der Waals surface area contributed by atoms with E-state index in [2.05, 4.69) is 5.32 Å². The highest BCUT2D eigenvalue weighted by Crippen LogP contribution is 2.25. The van der Waals surface area contributed by atoms with Gasteiger partial charge in [0.25, 0.3) is 5.56 Å². The lowest BCUT2D eigenvalue weighted by molar-refractivity contribution is -0.170. The normalized spacial score (nSPS) is 14.7. The number of fused-ring (bicyclic) bond motifs is 1. The highest BCUT2D eigenvalue weighted by molar-refractivity contribution is 5.89. The van der Waals surface area contributed by atoms with Gasteiger partial charge in [0.1, 0.15) is 0 Å². The number of aromatic nitrogens is 1. The third-order valence-electron chi connectivity index (χ3n) is 6.04. The number of Topliss-reactive ketones (excluding diaryl/α,β-unsaturated/α-hetero) is 1. The van der Waals surface area contributed by atoms with E-state index in [9.17, 15) is 14.4 Å². The summed E-state index contributed by atoms with van der Waals surface area (Å²) >= 11 is 0. The summed E-state index contributed by atoms with van der Waals surface area (Å²) in [7, 11) is 1.71. The van der Waals surface area contributed by atoms with E-state index < -0.39 is 23.5 Å². The van der Waals surface area contributed by atoms with Crippen LogP contribution in [0.25, 0.3) is 10.9 Å². The van der Waals surface area contributed by atoms with Gasteiger partial charge in [-0.2, -0.15) is 0 Å². The molecule has 1 unspecified atom stereocenters. The number of hydrogen-bond donors (Lipinski definition) is 3. The Hall–Kier alpha value is -2.59. The molecule has 0 fully saturated rings. The number of nitrogens with zero attached hydrogens (tertiary/aromatic N) is 1. The zero-order chi connectivity index (χ0) is 26.3. The van der Waals surface area contributed by atoms with E-state index in [0.717, 1.165) is 16.5 Å². The number of pyridine rings is 1. The fourth-order valence-electron chi connectivity index (χ4n) is 4.22. The molecular formula is C26H39N3O6. The Bertz CT molecular complexity index is 1070. The van der Waals surface area contributed by atoms with Gasteiger partial charge >= 0.3 is 0 Å². The number of carbonyl (C=O) groups is 2. The molecule has 0 aliphatic rings. The van der Waals surface area contributed by atoms with E-state index in [-0.39, 0.29) is 36.4 Å². The number of nitrogens with one attached hydrogen (secondary N) is 2. The van der Waals surface area contributed by atoms with Crippen molar-refractivity contribution in [3.05, 3.63) is 46.2 Å². The molecule has 0 spiro atoms. The molecule has 9 nitrogen and oxygen atoms in total. The lowest BCUT2D eigenvalue weighted by atomic mass is 9.83. The summed E-state index contributed by atoms with van der Waals surface area (Å²) in [6, 6.07) is 8.33. The average Bonchev–Trinajstić information content (AvgIpc) is 2.77. The largest absolute Gasteiger partial charge is 0.370 e. The van der Waals surface area contributed by atoms with Gasteiger partial charge in [-0.1, -0.05) is 52.4 Å². The molecule has 194 valence electrons. The van der Waals surface area contributed by atoms with Crippen LogP contribution in [0, 0.1) is 17.3 Å². The Morgan fingerprint density at radius 3 is 2.37 bits per heavy atom. The Balaban J connectivity index is 2.30. The van der Waals surface area contributed by atoms with Crippen LogP contribution in [-0.2, 0) is 32.8 Å². The van der Waals surface area contributed by atoms with Gasteiger partial charge in [-0.05, 0) is 47.8 Å². The molecule has 1 aromatic carbocycles. The van der Waals surface area contributed by atoms with Crippen molar-refractivity contribution in [2.45, 2.75) is 66.7 Å². The van der Waals surface area contributed by atoms with Gasteiger partial charge in [0, 0.05) is 13.1 Å². The van der Waals surface area contributed by atoms with Crippen LogP contribution in [0.4, 0.5) is 0 Å². The summed E-state index contributed by atoms with van der Waals surface area (Å²) in [6.45, 7) is 11.2. The monoisotopic (exact) mass is 489 g/mol. The molecule has 0 saturated carbocycles. The molecule has 1 amide bonds. The second-order valence-corrected chi connectivity index (χ2v) is 10.5. The summed E-state index contributed by atoms with van der Waals surface area (Å²) < 4.78 is 7.72. The third kappa shape index (κ3) is 7.96. The van der Waals surface area contributed by atoms with Crippen LogP contribution in [0.3, 0.4) is 0 Å². The number of amides is 1. The number of rotatable bonds is 12. The molecule has 0 bridgehead atoms. The highest BCUT2D eigenvalue weighted by Gasteiger charge is 2.36. The first-order valence-corrected chi connectivity index (χ1v) is 11.9. The number of carbonyl (C=O) groups excluding carboxylic acids is 2. The SMILES string of the molecule is CC(=O)[C@@H](NC(=O)[C@H](CC(C)C)C(CONO)OCc1ccc2ccc(=O)n(C)c2c1)C(C)(C)C. The Labute approximate surface area is 206 Å². The van der Waals surface area contributed by atoms with Crippen LogP contribution < -0.4 is 16.5 Å². The van der Waals surface area contributed by atoms with Crippen molar-refractivity contribution in [3.8, 4) is 0 Å². The van der Waals surface area contributed by atoms with E-state index in [1.54, 1.807) is 23.3 Å². The standard InChI is InChI=1S/C26H39N3O6/c1-16(2)12-20(25(32)27-24(17(3)30)26(4,5)6)22(15-35-28-33)34-14-18-8-9-19-10-11-23(31)29(7)21(19)13-18/h8-11,13,16,20,22,24,28,33H,12,14-15H2,1-7H3,(H,27,32)/t20-,22?,24-/m1/s1. The molecule has 3 atom stereocenters. The van der Waals surface area contributed by atoms with Gasteiger partial charge in [0.2, 0.25) is 5.91 Å². The van der Waals surface area contributed by atoms with Crippen molar-refractivity contribution in [3.63, 3.8) is 0 Å². The molecule has 3 N–H and O–H groups in total. The van der Waals surface area contributed by atoms with Gasteiger partial charge in [-0.25, -0.2) is 0 Å². The quantitative estimate of drug-likeness (QED) is 0.392. The number of ketones is 1. The van der Waals surface area contributed by atoms with Crippen LogP contribution >= 0.6 is 0 Å². The van der Waals surface area contributed by atoms with Crippen LogP contribution in [0.5, 0.6) is 0 Å². The van der Waals surface area contributed by atoms with Crippen molar-refractivity contribution in [2.75, 3.05) is 6.61 Å². The maximum absolute atomic E-state index is 13.4. The minimum atomic E-state index is -0.708.